The first kappa shape index (κ1) is 22.6. The lowest BCUT2D eigenvalue weighted by Gasteiger charge is -2.37. The standard InChI is InChI=1S/C29H31NO4/c1-18-26(29(32)34-21-12-6-7-13-21)27(22-14-8-9-15-25(22)33-2)28-23(30-18)16-20(17-24(28)31)19-10-4-3-5-11-19/h3-5,8-11,14-15,20-21,26-27H,6-7,12-13,16-17H2,1-2H3/t20-,26?,27-/m0/s1. The molecule has 1 aliphatic heterocycles. The van der Waals surface area contributed by atoms with Crippen molar-refractivity contribution in [3.8, 4) is 5.75 Å². The third-order valence-corrected chi connectivity index (χ3v) is 7.47. The quantitative estimate of drug-likeness (QED) is 0.536. The first-order chi connectivity index (χ1) is 16.6. The molecule has 0 bridgehead atoms. The van der Waals surface area contributed by atoms with Crippen molar-refractivity contribution in [3.05, 3.63) is 77.0 Å². The van der Waals surface area contributed by atoms with E-state index in [1.165, 1.54) is 0 Å². The maximum atomic E-state index is 13.7. The van der Waals surface area contributed by atoms with Crippen LogP contribution in [0.1, 0.15) is 68.4 Å². The minimum Gasteiger partial charge on any atom is -0.496 e. The molecule has 1 heterocycles. The molecule has 3 aliphatic rings. The summed E-state index contributed by atoms with van der Waals surface area (Å²) < 4.78 is 11.6. The number of esters is 1. The molecule has 0 aromatic heterocycles. The van der Waals surface area contributed by atoms with Crippen LogP contribution in [0.4, 0.5) is 0 Å². The summed E-state index contributed by atoms with van der Waals surface area (Å²) >= 11 is 0. The number of methoxy groups -OCH3 is 1. The summed E-state index contributed by atoms with van der Waals surface area (Å²) in [6.45, 7) is 1.89. The van der Waals surface area contributed by atoms with Gasteiger partial charge in [0.25, 0.3) is 0 Å². The Hall–Kier alpha value is -3.21. The Kier molecular flexibility index (Phi) is 6.36. The van der Waals surface area contributed by atoms with Gasteiger partial charge in [-0.2, -0.15) is 0 Å². The lowest BCUT2D eigenvalue weighted by atomic mass is 9.69. The molecule has 0 radical (unpaired) electrons. The number of ether oxygens (including phenoxy) is 2. The van der Waals surface area contributed by atoms with Gasteiger partial charge in [-0.1, -0.05) is 48.5 Å². The highest BCUT2D eigenvalue weighted by molar-refractivity contribution is 6.09. The van der Waals surface area contributed by atoms with E-state index < -0.39 is 11.8 Å². The fourth-order valence-electron chi connectivity index (χ4n) is 5.83. The van der Waals surface area contributed by atoms with Gasteiger partial charge in [0.05, 0.1) is 7.11 Å². The Morgan fingerprint density at radius 2 is 1.68 bits per heavy atom. The van der Waals surface area contributed by atoms with Gasteiger partial charge >= 0.3 is 5.97 Å². The van der Waals surface area contributed by atoms with E-state index in [4.69, 9.17) is 14.5 Å². The van der Waals surface area contributed by atoms with Crippen molar-refractivity contribution in [2.45, 2.75) is 63.4 Å². The Morgan fingerprint density at radius 3 is 2.41 bits per heavy atom. The molecule has 176 valence electrons. The number of allylic oxidation sites excluding steroid dienone is 2. The summed E-state index contributed by atoms with van der Waals surface area (Å²) in [6, 6.07) is 17.8. The summed E-state index contributed by atoms with van der Waals surface area (Å²) in [4.78, 5) is 32.1. The largest absolute Gasteiger partial charge is 0.496 e. The molecule has 0 spiro atoms. The van der Waals surface area contributed by atoms with Crippen LogP contribution in [0.2, 0.25) is 0 Å². The third kappa shape index (κ3) is 4.20. The van der Waals surface area contributed by atoms with Crippen molar-refractivity contribution >= 4 is 17.5 Å². The second-order valence-electron chi connectivity index (χ2n) is 9.59. The lowest BCUT2D eigenvalue weighted by molar-refractivity contribution is -0.151. The first-order valence-corrected chi connectivity index (χ1v) is 12.3. The van der Waals surface area contributed by atoms with Crippen LogP contribution < -0.4 is 4.74 Å². The minimum atomic E-state index is -0.632. The Morgan fingerprint density at radius 1 is 0.971 bits per heavy atom. The molecule has 34 heavy (non-hydrogen) atoms. The number of rotatable bonds is 5. The number of nitrogens with zero attached hydrogens (tertiary/aromatic N) is 1. The number of hydrogen-bond donors (Lipinski definition) is 0. The first-order valence-electron chi connectivity index (χ1n) is 12.3. The number of carbonyl (C=O) groups is 2. The number of Topliss-reactive ketones (excluding diaryl/α,β-unsaturated/α-hetero) is 1. The fourth-order valence-corrected chi connectivity index (χ4v) is 5.83. The van der Waals surface area contributed by atoms with Crippen LogP contribution in [0.15, 0.2) is 70.9 Å². The van der Waals surface area contributed by atoms with Crippen LogP contribution in [-0.2, 0) is 14.3 Å². The maximum absolute atomic E-state index is 13.7. The number of ketones is 1. The van der Waals surface area contributed by atoms with Crippen molar-refractivity contribution in [2.75, 3.05) is 7.11 Å². The van der Waals surface area contributed by atoms with E-state index in [0.29, 0.717) is 29.9 Å². The van der Waals surface area contributed by atoms with Crippen LogP contribution in [-0.4, -0.2) is 30.7 Å². The van der Waals surface area contributed by atoms with Crippen molar-refractivity contribution in [1.29, 1.82) is 0 Å². The SMILES string of the molecule is COc1ccccc1[C@@H]1C2=C(C[C@H](c3ccccc3)CC2=O)N=C(C)C1C(=O)OC1CCCC1. The number of aliphatic imine (C=N–C) groups is 1. The summed E-state index contributed by atoms with van der Waals surface area (Å²) in [5, 5.41) is 0. The zero-order valence-electron chi connectivity index (χ0n) is 19.8. The molecule has 5 rings (SSSR count). The molecule has 1 unspecified atom stereocenters. The molecule has 5 heteroatoms. The summed E-state index contributed by atoms with van der Waals surface area (Å²) in [7, 11) is 1.62. The van der Waals surface area contributed by atoms with Crippen LogP contribution in [0.5, 0.6) is 5.75 Å². The number of hydrogen-bond acceptors (Lipinski definition) is 5. The predicted octanol–water partition coefficient (Wildman–Crippen LogP) is 5.76. The normalized spacial score (nSPS) is 25.1. The molecule has 0 saturated heterocycles. The molecule has 1 fully saturated rings. The van der Waals surface area contributed by atoms with Gasteiger partial charge in [0.15, 0.2) is 5.78 Å². The van der Waals surface area contributed by atoms with Crippen LogP contribution in [0, 0.1) is 5.92 Å². The summed E-state index contributed by atoms with van der Waals surface area (Å²) in [5.41, 5.74) is 4.14. The Bertz CT molecular complexity index is 1140. The molecule has 0 amide bonds. The van der Waals surface area contributed by atoms with Crippen molar-refractivity contribution in [2.24, 2.45) is 10.9 Å². The van der Waals surface area contributed by atoms with Gasteiger partial charge < -0.3 is 9.47 Å². The highest BCUT2D eigenvalue weighted by Crippen LogP contribution is 2.48. The summed E-state index contributed by atoms with van der Waals surface area (Å²) in [5.74, 6) is -0.556. The third-order valence-electron chi connectivity index (χ3n) is 7.47. The van der Waals surface area contributed by atoms with E-state index in [-0.39, 0.29) is 23.8 Å². The van der Waals surface area contributed by atoms with E-state index >= 15 is 0 Å². The topological polar surface area (TPSA) is 65.0 Å². The molecule has 2 aliphatic carbocycles. The molecule has 1 saturated carbocycles. The molecule has 5 nitrogen and oxygen atoms in total. The minimum absolute atomic E-state index is 0.0430. The van der Waals surface area contributed by atoms with Crippen LogP contribution >= 0.6 is 0 Å². The number of carbonyl (C=O) groups excluding carboxylic acids is 2. The summed E-state index contributed by atoms with van der Waals surface area (Å²) in [6.07, 6.45) is 5.02. The van der Waals surface area contributed by atoms with Gasteiger partial charge in [0.1, 0.15) is 17.8 Å². The zero-order chi connectivity index (χ0) is 23.7. The van der Waals surface area contributed by atoms with Crippen molar-refractivity contribution < 1.29 is 19.1 Å². The predicted molar refractivity (Wildman–Crippen MR) is 131 cm³/mol. The maximum Gasteiger partial charge on any atom is 0.315 e. The second kappa shape index (κ2) is 9.57. The van der Waals surface area contributed by atoms with E-state index in [2.05, 4.69) is 12.1 Å². The molecular formula is C29H31NO4. The van der Waals surface area contributed by atoms with Gasteiger partial charge in [0.2, 0.25) is 0 Å². The average molecular weight is 458 g/mol. The highest BCUT2D eigenvalue weighted by Gasteiger charge is 2.46. The van der Waals surface area contributed by atoms with Crippen LogP contribution in [0.25, 0.3) is 0 Å². The fraction of sp³-hybridized carbons (Fsp3) is 0.414. The van der Waals surface area contributed by atoms with Gasteiger partial charge in [-0.05, 0) is 56.6 Å². The van der Waals surface area contributed by atoms with Gasteiger partial charge in [0, 0.05) is 34.9 Å². The van der Waals surface area contributed by atoms with Gasteiger partial charge in [-0.3, -0.25) is 14.6 Å². The highest BCUT2D eigenvalue weighted by atomic mass is 16.5. The monoisotopic (exact) mass is 457 g/mol. The van der Waals surface area contributed by atoms with Gasteiger partial charge in [-0.25, -0.2) is 0 Å². The molecule has 2 aromatic rings. The van der Waals surface area contributed by atoms with E-state index in [1.54, 1.807) is 7.11 Å². The lowest BCUT2D eigenvalue weighted by Crippen LogP contribution is -2.39. The van der Waals surface area contributed by atoms with Crippen LogP contribution in [0.3, 0.4) is 0 Å². The zero-order valence-corrected chi connectivity index (χ0v) is 19.8. The smallest absolute Gasteiger partial charge is 0.315 e. The van der Waals surface area contributed by atoms with Crippen molar-refractivity contribution in [1.82, 2.24) is 0 Å². The van der Waals surface area contributed by atoms with E-state index in [1.807, 2.05) is 49.4 Å². The molecule has 2 aromatic carbocycles. The van der Waals surface area contributed by atoms with Gasteiger partial charge in [-0.15, -0.1) is 0 Å². The number of benzene rings is 2. The number of para-hydroxylation sites is 1. The van der Waals surface area contributed by atoms with E-state index in [0.717, 1.165) is 42.5 Å². The second-order valence-corrected chi connectivity index (χ2v) is 9.59. The van der Waals surface area contributed by atoms with Crippen molar-refractivity contribution in [3.63, 3.8) is 0 Å². The van der Waals surface area contributed by atoms with E-state index in [9.17, 15) is 9.59 Å². The Labute approximate surface area is 200 Å². The molecule has 3 atom stereocenters. The molecular weight excluding hydrogens is 426 g/mol. The molecule has 0 N–H and O–H groups in total. The Balaban J connectivity index is 1.57. The average Bonchev–Trinajstić information content (AvgIpc) is 3.36.